The molecule has 0 saturated carbocycles. The number of allylic oxidation sites excluding steroid dienone is 5. The molecule has 0 radical (unpaired) electrons. The maximum Gasteiger partial charge on any atom is 0.0679 e. The quantitative estimate of drug-likeness (QED) is 0.504. The zero-order chi connectivity index (χ0) is 13.3. The Kier molecular flexibility index (Phi) is 8.34. The molecule has 96 valence electrons. The van der Waals surface area contributed by atoms with E-state index in [1.165, 1.54) is 16.7 Å². The van der Waals surface area contributed by atoms with Gasteiger partial charge in [0.2, 0.25) is 0 Å². The monoisotopic (exact) mass is 235 g/mol. The second-order valence-corrected chi connectivity index (χ2v) is 3.88. The van der Waals surface area contributed by atoms with Gasteiger partial charge in [0.15, 0.2) is 0 Å². The van der Waals surface area contributed by atoms with E-state index in [2.05, 4.69) is 37.9 Å². The van der Waals surface area contributed by atoms with Gasteiger partial charge in [-0.3, -0.25) is 4.99 Å². The third-order valence-corrected chi connectivity index (χ3v) is 2.75. The summed E-state index contributed by atoms with van der Waals surface area (Å²) < 4.78 is 5.45. The van der Waals surface area contributed by atoms with Crippen LogP contribution in [0.15, 0.2) is 39.4 Å². The lowest BCUT2D eigenvalue weighted by Crippen LogP contribution is -2.01. The molecule has 0 N–H and O–H groups in total. The SMILES string of the molecule is C/C=C(C=NC)/C(=C/C)C(/C)=C(/C)COCC. The van der Waals surface area contributed by atoms with Gasteiger partial charge in [0.25, 0.3) is 0 Å². The minimum absolute atomic E-state index is 0.694. The van der Waals surface area contributed by atoms with Gasteiger partial charge in [-0.25, -0.2) is 0 Å². The van der Waals surface area contributed by atoms with Crippen molar-refractivity contribution in [2.75, 3.05) is 20.3 Å². The lowest BCUT2D eigenvalue weighted by molar-refractivity contribution is 0.170. The topological polar surface area (TPSA) is 21.6 Å². The molecule has 0 heterocycles. The van der Waals surface area contributed by atoms with Crippen LogP contribution in [0.4, 0.5) is 0 Å². The molecule has 2 heteroatoms. The van der Waals surface area contributed by atoms with E-state index in [-0.39, 0.29) is 0 Å². The molecule has 0 rings (SSSR count). The third-order valence-electron chi connectivity index (χ3n) is 2.75. The van der Waals surface area contributed by atoms with E-state index in [1.54, 1.807) is 7.05 Å². The summed E-state index contributed by atoms with van der Waals surface area (Å²) in [5.41, 5.74) is 4.93. The first-order chi connectivity index (χ1) is 8.12. The van der Waals surface area contributed by atoms with Crippen LogP contribution in [0, 0.1) is 0 Å². The average molecular weight is 235 g/mol. The Morgan fingerprint density at radius 3 is 2.24 bits per heavy atom. The lowest BCUT2D eigenvalue weighted by Gasteiger charge is -2.12. The van der Waals surface area contributed by atoms with Crippen molar-refractivity contribution in [3.05, 3.63) is 34.4 Å². The van der Waals surface area contributed by atoms with E-state index in [0.29, 0.717) is 6.61 Å². The molecule has 17 heavy (non-hydrogen) atoms. The first-order valence-corrected chi connectivity index (χ1v) is 6.11. The highest BCUT2D eigenvalue weighted by atomic mass is 16.5. The molecule has 0 aliphatic heterocycles. The lowest BCUT2D eigenvalue weighted by atomic mass is 9.95. The summed E-state index contributed by atoms with van der Waals surface area (Å²) in [6.45, 7) is 11.8. The molecule has 0 bridgehead atoms. The molecular formula is C15H25NO. The Hall–Kier alpha value is -1.15. The first kappa shape index (κ1) is 15.9. The average Bonchev–Trinajstić information content (AvgIpc) is 2.35. The summed E-state index contributed by atoms with van der Waals surface area (Å²) in [6, 6.07) is 0. The molecule has 0 atom stereocenters. The molecule has 0 aliphatic carbocycles. The summed E-state index contributed by atoms with van der Waals surface area (Å²) in [6.07, 6.45) is 6.11. The Balaban J connectivity index is 5.14. The van der Waals surface area contributed by atoms with Crippen LogP contribution in [-0.4, -0.2) is 26.5 Å². The zero-order valence-corrected chi connectivity index (χ0v) is 12.0. The molecule has 0 amide bonds. The number of aliphatic imine (C=N–C) groups is 1. The first-order valence-electron chi connectivity index (χ1n) is 6.11. The van der Waals surface area contributed by atoms with Crippen LogP contribution in [0.5, 0.6) is 0 Å². The fraction of sp³-hybridized carbons (Fsp3) is 0.533. The molecular weight excluding hydrogens is 210 g/mol. The molecule has 0 aromatic heterocycles. The predicted octanol–water partition coefficient (Wildman–Crippen LogP) is 3.95. The number of hydrogen-bond donors (Lipinski definition) is 0. The van der Waals surface area contributed by atoms with Crippen molar-refractivity contribution in [3.8, 4) is 0 Å². The minimum Gasteiger partial charge on any atom is -0.377 e. The third kappa shape index (κ3) is 5.14. The van der Waals surface area contributed by atoms with E-state index in [4.69, 9.17) is 4.74 Å². The van der Waals surface area contributed by atoms with Gasteiger partial charge in [-0.1, -0.05) is 12.2 Å². The largest absolute Gasteiger partial charge is 0.377 e. The van der Waals surface area contributed by atoms with Gasteiger partial charge >= 0.3 is 0 Å². The molecule has 0 aromatic carbocycles. The molecule has 0 unspecified atom stereocenters. The number of nitrogens with zero attached hydrogens (tertiary/aromatic N) is 1. The molecule has 0 saturated heterocycles. The van der Waals surface area contributed by atoms with Gasteiger partial charge in [-0.15, -0.1) is 0 Å². The van der Waals surface area contributed by atoms with Crippen LogP contribution in [0.2, 0.25) is 0 Å². The van der Waals surface area contributed by atoms with Gasteiger partial charge in [-0.05, 0) is 56.9 Å². The van der Waals surface area contributed by atoms with Crippen molar-refractivity contribution in [1.82, 2.24) is 0 Å². The highest BCUT2D eigenvalue weighted by molar-refractivity contribution is 5.86. The van der Waals surface area contributed by atoms with Crippen molar-refractivity contribution in [1.29, 1.82) is 0 Å². The van der Waals surface area contributed by atoms with Gasteiger partial charge in [0.05, 0.1) is 6.61 Å². The summed E-state index contributed by atoms with van der Waals surface area (Å²) in [7, 11) is 1.79. The van der Waals surface area contributed by atoms with E-state index < -0.39 is 0 Å². The fourth-order valence-electron chi connectivity index (χ4n) is 1.63. The summed E-state index contributed by atoms with van der Waals surface area (Å²) in [5.74, 6) is 0. The standard InChI is InChI=1S/C15H25NO/c1-7-14(10-16-6)15(8-2)13(5)12(4)11-17-9-3/h7-8,10H,9,11H2,1-6H3/b13-12-,14-7+,15-8+,16-10?. The van der Waals surface area contributed by atoms with Gasteiger partial charge in [0.1, 0.15) is 0 Å². The maximum absolute atomic E-state index is 5.45. The normalized spacial score (nSPS) is 15.4. The Bertz CT molecular complexity index is 346. The smallest absolute Gasteiger partial charge is 0.0679 e. The van der Waals surface area contributed by atoms with Crippen LogP contribution in [0.25, 0.3) is 0 Å². The summed E-state index contributed by atoms with van der Waals surface area (Å²) in [5, 5.41) is 0. The van der Waals surface area contributed by atoms with Gasteiger partial charge < -0.3 is 4.74 Å². The van der Waals surface area contributed by atoms with Crippen molar-refractivity contribution in [2.24, 2.45) is 4.99 Å². The molecule has 0 fully saturated rings. The minimum atomic E-state index is 0.694. The molecule has 0 aliphatic rings. The van der Waals surface area contributed by atoms with E-state index >= 15 is 0 Å². The van der Waals surface area contributed by atoms with Crippen LogP contribution in [0.1, 0.15) is 34.6 Å². The zero-order valence-electron chi connectivity index (χ0n) is 12.0. The van der Waals surface area contributed by atoms with Crippen LogP contribution < -0.4 is 0 Å². The summed E-state index contributed by atoms with van der Waals surface area (Å²) >= 11 is 0. The highest BCUT2D eigenvalue weighted by Crippen LogP contribution is 2.21. The fourth-order valence-corrected chi connectivity index (χ4v) is 1.63. The van der Waals surface area contributed by atoms with E-state index in [0.717, 1.165) is 12.2 Å². The van der Waals surface area contributed by atoms with Crippen LogP contribution in [0.3, 0.4) is 0 Å². The van der Waals surface area contributed by atoms with Crippen molar-refractivity contribution < 1.29 is 4.74 Å². The number of rotatable bonds is 6. The Morgan fingerprint density at radius 2 is 1.82 bits per heavy atom. The van der Waals surface area contributed by atoms with E-state index in [9.17, 15) is 0 Å². The predicted molar refractivity (Wildman–Crippen MR) is 76.8 cm³/mol. The number of ether oxygens (including phenoxy) is 1. The Labute approximate surface area is 106 Å². The molecule has 0 aromatic rings. The van der Waals surface area contributed by atoms with Crippen molar-refractivity contribution in [3.63, 3.8) is 0 Å². The maximum atomic E-state index is 5.45. The van der Waals surface area contributed by atoms with Crippen molar-refractivity contribution >= 4 is 6.21 Å². The van der Waals surface area contributed by atoms with Gasteiger partial charge in [0, 0.05) is 19.9 Å². The van der Waals surface area contributed by atoms with E-state index in [1.807, 2.05) is 20.1 Å². The van der Waals surface area contributed by atoms with Crippen LogP contribution >= 0.6 is 0 Å². The van der Waals surface area contributed by atoms with Crippen molar-refractivity contribution in [2.45, 2.75) is 34.6 Å². The second-order valence-electron chi connectivity index (χ2n) is 3.88. The van der Waals surface area contributed by atoms with Gasteiger partial charge in [-0.2, -0.15) is 0 Å². The Morgan fingerprint density at radius 1 is 1.18 bits per heavy atom. The molecule has 0 spiro atoms. The van der Waals surface area contributed by atoms with Crippen LogP contribution in [-0.2, 0) is 4.74 Å². The highest BCUT2D eigenvalue weighted by Gasteiger charge is 2.06. The number of hydrogen-bond acceptors (Lipinski definition) is 2. The second kappa shape index (κ2) is 8.94. The molecule has 2 nitrogen and oxygen atoms in total. The summed E-state index contributed by atoms with van der Waals surface area (Å²) in [4.78, 5) is 4.09.